The van der Waals surface area contributed by atoms with Crippen molar-refractivity contribution in [2.45, 2.75) is 25.9 Å². The molecule has 0 spiro atoms. The Bertz CT molecular complexity index is 702. The van der Waals surface area contributed by atoms with Crippen molar-refractivity contribution in [2.75, 3.05) is 20.3 Å². The van der Waals surface area contributed by atoms with Crippen molar-refractivity contribution in [3.05, 3.63) is 48.2 Å². The van der Waals surface area contributed by atoms with Gasteiger partial charge in [0.1, 0.15) is 17.5 Å². The van der Waals surface area contributed by atoms with Gasteiger partial charge in [0.15, 0.2) is 0 Å². The highest BCUT2D eigenvalue weighted by Gasteiger charge is 2.14. The summed E-state index contributed by atoms with van der Waals surface area (Å²) in [5.41, 5.74) is 6.45. The number of methoxy groups -OCH3 is 1. The number of carbonyl (C=O) groups excluding carboxylic acids is 1. The maximum Gasteiger partial charge on any atom is 0.239 e. The molecule has 0 radical (unpaired) electrons. The first-order valence-electron chi connectivity index (χ1n) is 8.51. The molecule has 1 aromatic carbocycles. The van der Waals surface area contributed by atoms with Gasteiger partial charge >= 0.3 is 0 Å². The number of nitrogens with zero attached hydrogens (tertiary/aromatic N) is 1. The van der Waals surface area contributed by atoms with Crippen LogP contribution < -0.4 is 20.5 Å². The summed E-state index contributed by atoms with van der Waals surface area (Å²) in [6.07, 6.45) is 2.59. The van der Waals surface area contributed by atoms with E-state index in [1.54, 1.807) is 12.3 Å². The third-order valence-corrected chi connectivity index (χ3v) is 3.50. The second kappa shape index (κ2) is 14.0. The van der Waals surface area contributed by atoms with E-state index in [1.165, 1.54) is 7.11 Å². The van der Waals surface area contributed by atoms with Gasteiger partial charge in [-0.05, 0) is 36.8 Å². The Hall–Kier alpha value is -2.06. The molecule has 0 aliphatic carbocycles. The minimum absolute atomic E-state index is 0. The van der Waals surface area contributed by atoms with E-state index in [4.69, 9.17) is 19.9 Å². The number of hydrogen-bond donors (Lipinski definition) is 2. The first-order valence-corrected chi connectivity index (χ1v) is 8.51. The molecule has 1 heterocycles. The molecule has 0 aliphatic heterocycles. The van der Waals surface area contributed by atoms with Crippen LogP contribution in [-0.2, 0) is 16.1 Å². The number of nitrogens with one attached hydrogen (secondary N) is 1. The van der Waals surface area contributed by atoms with Crippen LogP contribution in [0.4, 0.5) is 0 Å². The maximum absolute atomic E-state index is 11.9. The van der Waals surface area contributed by atoms with Gasteiger partial charge < -0.3 is 25.3 Å². The van der Waals surface area contributed by atoms with Gasteiger partial charge in [-0.25, -0.2) is 4.98 Å². The Morgan fingerprint density at radius 1 is 1.18 bits per heavy atom. The highest BCUT2D eigenvalue weighted by atomic mass is 35.5. The van der Waals surface area contributed by atoms with E-state index in [0.29, 0.717) is 18.2 Å². The number of nitrogens with two attached hydrogens (primary N) is 1. The lowest BCUT2D eigenvalue weighted by atomic mass is 10.2. The van der Waals surface area contributed by atoms with Crippen molar-refractivity contribution in [3.8, 4) is 17.4 Å². The van der Waals surface area contributed by atoms with E-state index in [9.17, 15) is 4.79 Å². The van der Waals surface area contributed by atoms with Gasteiger partial charge in [-0.2, -0.15) is 0 Å². The number of ether oxygens (including phenoxy) is 3. The molecule has 28 heavy (non-hydrogen) atoms. The van der Waals surface area contributed by atoms with Crippen LogP contribution in [0.3, 0.4) is 0 Å². The minimum Gasteiger partial charge on any atom is -0.494 e. The molecule has 0 bridgehead atoms. The lowest BCUT2D eigenvalue weighted by molar-refractivity contribution is -0.123. The molecule has 0 saturated heterocycles. The predicted octanol–water partition coefficient (Wildman–Crippen LogP) is 3.10. The summed E-state index contributed by atoms with van der Waals surface area (Å²) < 4.78 is 16.3. The molecular weight excluding hydrogens is 405 g/mol. The Morgan fingerprint density at radius 3 is 2.50 bits per heavy atom. The zero-order chi connectivity index (χ0) is 18.8. The van der Waals surface area contributed by atoms with Crippen molar-refractivity contribution in [1.29, 1.82) is 0 Å². The predicted molar refractivity (Wildman–Crippen MR) is 113 cm³/mol. The van der Waals surface area contributed by atoms with Gasteiger partial charge in [-0.1, -0.05) is 13.0 Å². The number of benzene rings is 1. The van der Waals surface area contributed by atoms with Gasteiger partial charge in [0.05, 0.1) is 13.2 Å². The quantitative estimate of drug-likeness (QED) is 0.599. The molecule has 0 fully saturated rings. The van der Waals surface area contributed by atoms with Crippen LogP contribution >= 0.6 is 24.8 Å². The third kappa shape index (κ3) is 8.31. The second-order valence-electron chi connectivity index (χ2n) is 5.67. The van der Waals surface area contributed by atoms with Gasteiger partial charge in [-0.15, -0.1) is 24.8 Å². The molecule has 2 rings (SSSR count). The molecule has 1 aromatic heterocycles. The van der Waals surface area contributed by atoms with Gasteiger partial charge in [0.25, 0.3) is 0 Å². The molecule has 156 valence electrons. The van der Waals surface area contributed by atoms with Crippen molar-refractivity contribution in [1.82, 2.24) is 10.3 Å². The Kier molecular flexibility index (Phi) is 13.0. The summed E-state index contributed by atoms with van der Waals surface area (Å²) in [5.74, 6) is 1.56. The summed E-state index contributed by atoms with van der Waals surface area (Å²) in [5, 5.41) is 2.76. The average Bonchev–Trinajstić information content (AvgIpc) is 2.66. The number of halogens is 2. The van der Waals surface area contributed by atoms with Crippen LogP contribution in [0.2, 0.25) is 0 Å². The van der Waals surface area contributed by atoms with Crippen molar-refractivity contribution in [3.63, 3.8) is 0 Å². The molecule has 1 amide bonds. The Morgan fingerprint density at radius 2 is 1.86 bits per heavy atom. The van der Waals surface area contributed by atoms with E-state index < -0.39 is 6.04 Å². The third-order valence-electron chi connectivity index (χ3n) is 3.50. The normalized spacial score (nSPS) is 10.8. The summed E-state index contributed by atoms with van der Waals surface area (Å²) in [6, 6.07) is 10.2. The fraction of sp³-hybridized carbons (Fsp3) is 0.368. The van der Waals surface area contributed by atoms with E-state index >= 15 is 0 Å². The molecule has 7 nitrogen and oxygen atoms in total. The fourth-order valence-corrected chi connectivity index (χ4v) is 2.15. The zero-order valence-electron chi connectivity index (χ0n) is 15.9. The summed E-state index contributed by atoms with van der Waals surface area (Å²) in [7, 11) is 1.50. The average molecular weight is 432 g/mol. The van der Waals surface area contributed by atoms with Crippen LogP contribution in [-0.4, -0.2) is 37.3 Å². The van der Waals surface area contributed by atoms with Crippen molar-refractivity contribution < 1.29 is 19.0 Å². The van der Waals surface area contributed by atoms with Crippen LogP contribution in [0.15, 0.2) is 42.6 Å². The highest BCUT2D eigenvalue weighted by molar-refractivity contribution is 5.85. The number of pyridine rings is 1. The van der Waals surface area contributed by atoms with Crippen LogP contribution in [0.5, 0.6) is 17.4 Å². The largest absolute Gasteiger partial charge is 0.494 e. The monoisotopic (exact) mass is 431 g/mol. The molecular formula is C19H27Cl2N3O4. The molecule has 3 N–H and O–H groups in total. The van der Waals surface area contributed by atoms with Crippen LogP contribution in [0.25, 0.3) is 0 Å². The second-order valence-corrected chi connectivity index (χ2v) is 5.67. The number of rotatable bonds is 10. The number of hydrogen-bond acceptors (Lipinski definition) is 6. The number of carbonyl (C=O) groups is 1. The Labute approximate surface area is 177 Å². The standard InChI is InChI=1S/C19H25N3O4.2ClH/c1-3-11-25-15-6-8-16(9-7-15)26-19-14(5-4-10-21-19)12-22-18(23)17(20)13-24-2;;/h4-10,17H,3,11-13,20H2,1-2H3,(H,22,23);2*1H. The zero-order valence-corrected chi connectivity index (χ0v) is 17.6. The van der Waals surface area contributed by atoms with Gasteiger partial charge in [-0.3, -0.25) is 4.79 Å². The SMILES string of the molecule is CCCOc1ccc(Oc2ncccc2CNC(=O)C(N)COC)cc1.Cl.Cl. The first-order chi connectivity index (χ1) is 12.6. The van der Waals surface area contributed by atoms with Crippen molar-refractivity contribution in [2.24, 2.45) is 5.73 Å². The number of aromatic nitrogens is 1. The summed E-state index contributed by atoms with van der Waals surface area (Å²) >= 11 is 0. The first kappa shape index (κ1) is 25.9. The smallest absolute Gasteiger partial charge is 0.239 e. The minimum atomic E-state index is -0.711. The van der Waals surface area contributed by atoms with E-state index in [0.717, 1.165) is 17.7 Å². The topological polar surface area (TPSA) is 95.7 Å². The molecule has 2 aromatic rings. The van der Waals surface area contributed by atoms with Gasteiger partial charge in [0.2, 0.25) is 11.8 Å². The van der Waals surface area contributed by atoms with Crippen LogP contribution in [0, 0.1) is 0 Å². The highest BCUT2D eigenvalue weighted by Crippen LogP contribution is 2.25. The number of amides is 1. The van der Waals surface area contributed by atoms with Crippen molar-refractivity contribution >= 4 is 30.7 Å². The van der Waals surface area contributed by atoms with E-state index in [2.05, 4.69) is 17.2 Å². The molecule has 1 atom stereocenters. The molecule has 1 unspecified atom stereocenters. The van der Waals surface area contributed by atoms with Crippen LogP contribution in [0.1, 0.15) is 18.9 Å². The van der Waals surface area contributed by atoms with Gasteiger partial charge in [0, 0.05) is 25.4 Å². The Balaban J connectivity index is 0.00000364. The lowest BCUT2D eigenvalue weighted by Gasteiger charge is -2.13. The summed E-state index contributed by atoms with van der Waals surface area (Å²) in [6.45, 7) is 3.16. The fourth-order valence-electron chi connectivity index (χ4n) is 2.15. The molecule has 0 saturated carbocycles. The van der Waals surface area contributed by atoms with E-state index in [1.807, 2.05) is 30.3 Å². The lowest BCUT2D eigenvalue weighted by Crippen LogP contribution is -2.43. The molecule has 0 aliphatic rings. The molecule has 9 heteroatoms. The van der Waals surface area contributed by atoms with E-state index in [-0.39, 0.29) is 43.9 Å². The summed E-state index contributed by atoms with van der Waals surface area (Å²) in [4.78, 5) is 16.2. The maximum atomic E-state index is 11.9.